The Morgan fingerprint density at radius 1 is 1.33 bits per heavy atom. The van der Waals surface area contributed by atoms with Crippen LogP contribution in [-0.4, -0.2) is 15.6 Å². The summed E-state index contributed by atoms with van der Waals surface area (Å²) in [5, 5.41) is 10.5. The van der Waals surface area contributed by atoms with Gasteiger partial charge in [-0.2, -0.15) is 0 Å². The van der Waals surface area contributed by atoms with E-state index in [0.29, 0.717) is 5.69 Å². The minimum atomic E-state index is -0.834. The number of aromatic carboxylic acids is 1. The number of fused-ring (bicyclic) bond motifs is 1. The minimum Gasteiger partial charge on any atom is -0.477 e. The van der Waals surface area contributed by atoms with Gasteiger partial charge >= 0.3 is 5.97 Å². The number of hydrogen-bond acceptors (Lipinski definition) is 1. The Hall–Kier alpha value is -1.77. The van der Waals surface area contributed by atoms with Crippen LogP contribution in [-0.2, 0) is 6.54 Å². The lowest BCUT2D eigenvalue weighted by atomic mass is 10.1. The van der Waals surface area contributed by atoms with Crippen molar-refractivity contribution >= 4 is 16.9 Å². The van der Waals surface area contributed by atoms with E-state index in [-0.39, 0.29) is 0 Å². The third kappa shape index (κ3) is 1.90. The molecule has 0 fully saturated rings. The van der Waals surface area contributed by atoms with Gasteiger partial charge in [0.1, 0.15) is 5.69 Å². The van der Waals surface area contributed by atoms with E-state index in [1.165, 1.54) is 0 Å². The number of para-hydroxylation sites is 1. The van der Waals surface area contributed by atoms with E-state index in [9.17, 15) is 9.90 Å². The molecule has 1 N–H and O–H groups in total. The average molecular weight is 245 g/mol. The second-order valence-electron chi connectivity index (χ2n) is 4.76. The van der Waals surface area contributed by atoms with Gasteiger partial charge in [-0.3, -0.25) is 0 Å². The van der Waals surface area contributed by atoms with Crippen LogP contribution < -0.4 is 0 Å². The van der Waals surface area contributed by atoms with Gasteiger partial charge in [-0.05, 0) is 31.4 Å². The fourth-order valence-electron chi connectivity index (χ4n) is 2.58. The molecule has 0 radical (unpaired) electrons. The van der Waals surface area contributed by atoms with Crippen molar-refractivity contribution in [1.29, 1.82) is 0 Å². The van der Waals surface area contributed by atoms with E-state index in [1.54, 1.807) is 0 Å². The zero-order valence-corrected chi connectivity index (χ0v) is 11.2. The number of carbonyl (C=O) groups is 1. The van der Waals surface area contributed by atoms with Gasteiger partial charge in [0.2, 0.25) is 0 Å². The molecule has 0 spiro atoms. The zero-order chi connectivity index (χ0) is 13.3. The summed E-state index contributed by atoms with van der Waals surface area (Å²) in [6.07, 6.45) is 2.06. The van der Waals surface area contributed by atoms with Crippen LogP contribution in [0.1, 0.15) is 41.4 Å². The SMILES string of the molecule is CCCCn1c(C(=O)O)c(C)c2cccc(C)c21. The summed E-state index contributed by atoms with van der Waals surface area (Å²) in [5.74, 6) is -0.834. The van der Waals surface area contributed by atoms with Gasteiger partial charge < -0.3 is 9.67 Å². The lowest BCUT2D eigenvalue weighted by Gasteiger charge is -2.09. The summed E-state index contributed by atoms with van der Waals surface area (Å²) in [6.45, 7) is 6.82. The summed E-state index contributed by atoms with van der Waals surface area (Å²) < 4.78 is 1.96. The molecule has 0 atom stereocenters. The normalized spacial score (nSPS) is 11.1. The van der Waals surface area contributed by atoms with Crippen molar-refractivity contribution in [2.24, 2.45) is 0 Å². The molecule has 1 aromatic heterocycles. The van der Waals surface area contributed by atoms with E-state index in [4.69, 9.17) is 0 Å². The van der Waals surface area contributed by atoms with Gasteiger partial charge in [0.25, 0.3) is 0 Å². The highest BCUT2D eigenvalue weighted by Gasteiger charge is 2.19. The molecule has 0 saturated carbocycles. The number of aryl methyl sites for hydroxylation is 3. The molecule has 96 valence electrons. The highest BCUT2D eigenvalue weighted by atomic mass is 16.4. The summed E-state index contributed by atoms with van der Waals surface area (Å²) >= 11 is 0. The summed E-state index contributed by atoms with van der Waals surface area (Å²) in [6, 6.07) is 6.03. The first kappa shape index (κ1) is 12.7. The molecule has 0 bridgehead atoms. The van der Waals surface area contributed by atoms with Gasteiger partial charge in [-0.1, -0.05) is 31.5 Å². The maximum atomic E-state index is 11.5. The fraction of sp³-hybridized carbons (Fsp3) is 0.400. The molecule has 0 aliphatic heterocycles. The molecule has 18 heavy (non-hydrogen) atoms. The maximum Gasteiger partial charge on any atom is 0.352 e. The Kier molecular flexibility index (Phi) is 3.41. The van der Waals surface area contributed by atoms with Crippen molar-refractivity contribution in [3.63, 3.8) is 0 Å². The Labute approximate surface area is 107 Å². The first-order valence-electron chi connectivity index (χ1n) is 6.39. The molecule has 2 rings (SSSR count). The molecule has 3 heteroatoms. The monoisotopic (exact) mass is 245 g/mol. The van der Waals surface area contributed by atoms with Gasteiger partial charge in [-0.25, -0.2) is 4.79 Å². The Balaban J connectivity index is 2.76. The molecule has 1 heterocycles. The highest BCUT2D eigenvalue weighted by Crippen LogP contribution is 2.28. The maximum absolute atomic E-state index is 11.5. The van der Waals surface area contributed by atoms with Gasteiger partial charge in [0, 0.05) is 11.9 Å². The summed E-state index contributed by atoms with van der Waals surface area (Å²) in [4.78, 5) is 11.5. The van der Waals surface area contributed by atoms with Crippen molar-refractivity contribution < 1.29 is 9.90 Å². The number of carboxylic acid groups (broad SMARTS) is 1. The van der Waals surface area contributed by atoms with Crippen LogP contribution in [0, 0.1) is 13.8 Å². The predicted octanol–water partition coefficient (Wildman–Crippen LogP) is 3.76. The van der Waals surface area contributed by atoms with Crippen LogP contribution in [0.5, 0.6) is 0 Å². The van der Waals surface area contributed by atoms with Crippen molar-refractivity contribution in [1.82, 2.24) is 4.57 Å². The second kappa shape index (κ2) is 4.84. The smallest absolute Gasteiger partial charge is 0.352 e. The quantitative estimate of drug-likeness (QED) is 0.891. The minimum absolute atomic E-state index is 0.438. The summed E-state index contributed by atoms with van der Waals surface area (Å²) in [5.41, 5.74) is 3.52. The molecule has 0 saturated heterocycles. The van der Waals surface area contributed by atoms with Gasteiger partial charge in [0.05, 0.1) is 5.52 Å². The number of hydrogen-bond donors (Lipinski definition) is 1. The lowest BCUT2D eigenvalue weighted by molar-refractivity contribution is 0.0684. The summed E-state index contributed by atoms with van der Waals surface area (Å²) in [7, 11) is 0. The molecule has 0 aliphatic rings. The number of carboxylic acids is 1. The van der Waals surface area contributed by atoms with Crippen LogP contribution >= 0.6 is 0 Å². The molecule has 0 unspecified atom stereocenters. The van der Waals surface area contributed by atoms with Crippen molar-refractivity contribution in [3.05, 3.63) is 35.0 Å². The van der Waals surface area contributed by atoms with Crippen LogP contribution in [0.15, 0.2) is 18.2 Å². The van der Waals surface area contributed by atoms with Crippen LogP contribution in [0.3, 0.4) is 0 Å². The van der Waals surface area contributed by atoms with Crippen LogP contribution in [0.4, 0.5) is 0 Å². The molecule has 0 amide bonds. The largest absolute Gasteiger partial charge is 0.477 e. The average Bonchev–Trinajstić information content (AvgIpc) is 2.61. The van der Waals surface area contributed by atoms with Gasteiger partial charge in [0.15, 0.2) is 0 Å². The fourth-order valence-corrected chi connectivity index (χ4v) is 2.58. The molecule has 2 aromatic rings. The van der Waals surface area contributed by atoms with Crippen molar-refractivity contribution in [2.75, 3.05) is 0 Å². The Morgan fingerprint density at radius 2 is 2.06 bits per heavy atom. The number of nitrogens with zero attached hydrogens (tertiary/aromatic N) is 1. The third-order valence-corrected chi connectivity index (χ3v) is 3.47. The molecule has 1 aromatic carbocycles. The van der Waals surface area contributed by atoms with Crippen molar-refractivity contribution in [2.45, 2.75) is 40.2 Å². The van der Waals surface area contributed by atoms with Gasteiger partial charge in [-0.15, -0.1) is 0 Å². The number of aromatic nitrogens is 1. The first-order valence-corrected chi connectivity index (χ1v) is 6.39. The number of unbranched alkanes of at least 4 members (excludes halogenated alkanes) is 1. The first-order chi connectivity index (χ1) is 8.57. The van der Waals surface area contributed by atoms with E-state index >= 15 is 0 Å². The van der Waals surface area contributed by atoms with E-state index in [0.717, 1.165) is 41.4 Å². The zero-order valence-electron chi connectivity index (χ0n) is 11.2. The second-order valence-corrected chi connectivity index (χ2v) is 4.76. The highest BCUT2D eigenvalue weighted by molar-refractivity contribution is 5.99. The standard InChI is InChI=1S/C15H19NO2/c1-4-5-9-16-13-10(2)7-6-8-12(13)11(3)14(16)15(17)18/h6-8H,4-5,9H2,1-3H3,(H,17,18). The molecule has 3 nitrogen and oxygen atoms in total. The van der Waals surface area contributed by atoms with E-state index in [1.807, 2.05) is 36.6 Å². The number of benzene rings is 1. The van der Waals surface area contributed by atoms with E-state index in [2.05, 4.69) is 6.92 Å². The lowest BCUT2D eigenvalue weighted by Crippen LogP contribution is -2.10. The number of rotatable bonds is 4. The van der Waals surface area contributed by atoms with Crippen molar-refractivity contribution in [3.8, 4) is 0 Å². The molecular formula is C15H19NO2. The molecule has 0 aliphatic carbocycles. The topological polar surface area (TPSA) is 42.2 Å². The van der Waals surface area contributed by atoms with Crippen LogP contribution in [0.2, 0.25) is 0 Å². The Bertz CT molecular complexity index is 596. The Morgan fingerprint density at radius 3 is 2.67 bits per heavy atom. The van der Waals surface area contributed by atoms with Crippen LogP contribution in [0.25, 0.3) is 10.9 Å². The van der Waals surface area contributed by atoms with E-state index < -0.39 is 5.97 Å². The molecular weight excluding hydrogens is 226 g/mol. The predicted molar refractivity (Wildman–Crippen MR) is 73.3 cm³/mol. The third-order valence-electron chi connectivity index (χ3n) is 3.47.